The summed E-state index contributed by atoms with van der Waals surface area (Å²) in [5.74, 6) is 0.710. The number of benzene rings is 1. The van der Waals surface area contributed by atoms with E-state index in [4.69, 9.17) is 4.98 Å². The van der Waals surface area contributed by atoms with Gasteiger partial charge in [-0.05, 0) is 36.4 Å². The number of hydrogen-bond acceptors (Lipinski definition) is 4. The van der Waals surface area contributed by atoms with Gasteiger partial charge in [-0.15, -0.1) is 0 Å². The van der Waals surface area contributed by atoms with Crippen molar-refractivity contribution in [2.75, 3.05) is 14.1 Å². The number of rotatable bonds is 5. The molecule has 0 aliphatic carbocycles. The van der Waals surface area contributed by atoms with Crippen molar-refractivity contribution in [2.45, 2.75) is 6.92 Å². The fourth-order valence-electron chi connectivity index (χ4n) is 2.66. The van der Waals surface area contributed by atoms with Crippen LogP contribution < -0.4 is 0 Å². The summed E-state index contributed by atoms with van der Waals surface area (Å²) in [7, 11) is 5.87. The van der Waals surface area contributed by atoms with Crippen LogP contribution in [0.25, 0.3) is 28.1 Å². The summed E-state index contributed by atoms with van der Waals surface area (Å²) in [6, 6.07) is 8.19. The van der Waals surface area contributed by atoms with Crippen LogP contribution in [0.4, 0.5) is 0 Å². The van der Waals surface area contributed by atoms with Crippen molar-refractivity contribution >= 4 is 5.57 Å². The van der Waals surface area contributed by atoms with Crippen molar-refractivity contribution in [1.82, 2.24) is 24.6 Å². The van der Waals surface area contributed by atoms with Crippen LogP contribution in [0.2, 0.25) is 0 Å². The van der Waals surface area contributed by atoms with E-state index in [2.05, 4.69) is 28.8 Å². The minimum atomic E-state index is 0.710. The second kappa shape index (κ2) is 7.35. The number of allylic oxidation sites excluding steroid dienone is 2. The highest BCUT2D eigenvalue weighted by atomic mass is 15.2. The van der Waals surface area contributed by atoms with Gasteiger partial charge in [0.2, 0.25) is 0 Å². The SMILES string of the molecule is C=C(/C=C\N(C)C)c1cnc(-c2cccc(-c3cnn(C)c3)c2)nc1C. The highest BCUT2D eigenvalue weighted by molar-refractivity contribution is 5.74. The van der Waals surface area contributed by atoms with Crippen LogP contribution >= 0.6 is 0 Å². The minimum Gasteiger partial charge on any atom is -0.383 e. The lowest BCUT2D eigenvalue weighted by Crippen LogP contribution is -2.01. The third-order valence-electron chi connectivity index (χ3n) is 4.06. The summed E-state index contributed by atoms with van der Waals surface area (Å²) in [6.45, 7) is 6.10. The maximum atomic E-state index is 4.69. The number of aromatic nitrogens is 4. The van der Waals surface area contributed by atoms with Crippen molar-refractivity contribution in [3.63, 3.8) is 0 Å². The molecule has 2 aromatic heterocycles. The van der Waals surface area contributed by atoms with E-state index in [1.54, 1.807) is 4.68 Å². The summed E-state index contributed by atoms with van der Waals surface area (Å²) in [5.41, 5.74) is 5.91. The second-order valence-corrected chi connectivity index (χ2v) is 6.48. The van der Waals surface area contributed by atoms with Crippen molar-refractivity contribution in [3.05, 3.63) is 73.0 Å². The molecule has 0 aliphatic heterocycles. The highest BCUT2D eigenvalue weighted by Gasteiger charge is 2.09. The Bertz CT molecular complexity index is 966. The Kier molecular flexibility index (Phi) is 4.98. The van der Waals surface area contributed by atoms with Crippen LogP contribution in [0.3, 0.4) is 0 Å². The van der Waals surface area contributed by atoms with E-state index in [-0.39, 0.29) is 0 Å². The van der Waals surface area contributed by atoms with Gasteiger partial charge in [0.25, 0.3) is 0 Å². The quantitative estimate of drug-likeness (QED) is 0.657. The zero-order chi connectivity index (χ0) is 18.7. The molecule has 0 bridgehead atoms. The van der Waals surface area contributed by atoms with Crippen molar-refractivity contribution in [1.29, 1.82) is 0 Å². The average Bonchev–Trinajstić information content (AvgIpc) is 3.06. The predicted molar refractivity (Wildman–Crippen MR) is 106 cm³/mol. The summed E-state index contributed by atoms with van der Waals surface area (Å²) in [6.07, 6.45) is 9.63. The molecular weight excluding hydrogens is 322 g/mol. The van der Waals surface area contributed by atoms with E-state index in [0.29, 0.717) is 5.82 Å². The van der Waals surface area contributed by atoms with E-state index >= 15 is 0 Å². The van der Waals surface area contributed by atoms with Gasteiger partial charge in [0.1, 0.15) is 0 Å². The molecule has 3 rings (SSSR count). The topological polar surface area (TPSA) is 46.8 Å². The molecule has 2 heterocycles. The van der Waals surface area contributed by atoms with Crippen LogP contribution in [0.5, 0.6) is 0 Å². The standard InChI is InChI=1S/C21H23N5/c1-15(9-10-25(3)4)20-13-22-21(24-16(20)2)18-8-6-7-17(11-18)19-12-23-26(5)14-19/h6-14H,1H2,2-5H3/b10-9-. The fourth-order valence-corrected chi connectivity index (χ4v) is 2.66. The molecule has 0 aliphatic rings. The van der Waals surface area contributed by atoms with Gasteiger partial charge in [-0.2, -0.15) is 5.10 Å². The Balaban J connectivity index is 1.91. The Morgan fingerprint density at radius 2 is 1.92 bits per heavy atom. The van der Waals surface area contributed by atoms with Crippen molar-refractivity contribution in [2.24, 2.45) is 7.05 Å². The van der Waals surface area contributed by atoms with Crippen molar-refractivity contribution in [3.8, 4) is 22.5 Å². The van der Waals surface area contributed by atoms with E-state index in [1.165, 1.54) is 0 Å². The first kappa shape index (κ1) is 17.6. The molecule has 5 heteroatoms. The first-order valence-corrected chi connectivity index (χ1v) is 8.41. The zero-order valence-corrected chi connectivity index (χ0v) is 15.6. The summed E-state index contributed by atoms with van der Waals surface area (Å²) < 4.78 is 1.80. The highest BCUT2D eigenvalue weighted by Crippen LogP contribution is 2.25. The Labute approximate surface area is 154 Å². The van der Waals surface area contributed by atoms with Crippen LogP contribution in [0.15, 0.2) is 61.7 Å². The van der Waals surface area contributed by atoms with Gasteiger partial charge < -0.3 is 4.90 Å². The Morgan fingerprint density at radius 3 is 2.58 bits per heavy atom. The van der Waals surface area contributed by atoms with Crippen LogP contribution in [0.1, 0.15) is 11.3 Å². The molecule has 5 nitrogen and oxygen atoms in total. The summed E-state index contributed by atoms with van der Waals surface area (Å²) >= 11 is 0. The maximum Gasteiger partial charge on any atom is 0.159 e. The lowest BCUT2D eigenvalue weighted by molar-refractivity contribution is 0.564. The van der Waals surface area contributed by atoms with Gasteiger partial charge in [0, 0.05) is 55.9 Å². The van der Waals surface area contributed by atoms with Gasteiger partial charge in [0.15, 0.2) is 5.82 Å². The van der Waals surface area contributed by atoms with E-state index in [0.717, 1.165) is 33.5 Å². The summed E-state index contributed by atoms with van der Waals surface area (Å²) in [5, 5.41) is 4.24. The lowest BCUT2D eigenvalue weighted by Gasteiger charge is -2.09. The molecule has 0 spiro atoms. The van der Waals surface area contributed by atoms with Crippen LogP contribution in [-0.2, 0) is 7.05 Å². The third-order valence-corrected chi connectivity index (χ3v) is 4.06. The molecule has 0 saturated carbocycles. The van der Waals surface area contributed by atoms with Gasteiger partial charge in [-0.3, -0.25) is 4.68 Å². The smallest absolute Gasteiger partial charge is 0.159 e. The second-order valence-electron chi connectivity index (χ2n) is 6.48. The summed E-state index contributed by atoms with van der Waals surface area (Å²) in [4.78, 5) is 11.2. The van der Waals surface area contributed by atoms with Gasteiger partial charge in [0.05, 0.1) is 6.20 Å². The first-order chi connectivity index (χ1) is 12.4. The molecule has 26 heavy (non-hydrogen) atoms. The van der Waals surface area contributed by atoms with E-state index in [9.17, 15) is 0 Å². The van der Waals surface area contributed by atoms with Crippen molar-refractivity contribution < 1.29 is 0 Å². The van der Waals surface area contributed by atoms with Gasteiger partial charge >= 0.3 is 0 Å². The predicted octanol–water partition coefficient (Wildman–Crippen LogP) is 3.94. The molecule has 132 valence electrons. The fraction of sp³-hybridized carbons (Fsp3) is 0.190. The molecule has 0 atom stereocenters. The molecule has 3 aromatic rings. The van der Waals surface area contributed by atoms with Gasteiger partial charge in [-0.1, -0.05) is 24.8 Å². The molecule has 1 aromatic carbocycles. The first-order valence-electron chi connectivity index (χ1n) is 8.41. The number of hydrogen-bond donors (Lipinski definition) is 0. The molecule has 0 fully saturated rings. The molecule has 0 saturated heterocycles. The molecular formula is C21H23N5. The van der Waals surface area contributed by atoms with Gasteiger partial charge in [-0.25, -0.2) is 9.97 Å². The molecule has 0 N–H and O–H groups in total. The van der Waals surface area contributed by atoms with Crippen LogP contribution in [-0.4, -0.2) is 38.7 Å². The minimum absolute atomic E-state index is 0.710. The molecule has 0 radical (unpaired) electrons. The maximum absolute atomic E-state index is 4.69. The van der Waals surface area contributed by atoms with E-state index < -0.39 is 0 Å². The average molecular weight is 345 g/mol. The van der Waals surface area contributed by atoms with Crippen LogP contribution in [0, 0.1) is 6.92 Å². The Hall–Kier alpha value is -3.21. The monoisotopic (exact) mass is 345 g/mol. The normalized spacial score (nSPS) is 11.1. The number of aryl methyl sites for hydroxylation is 2. The Morgan fingerprint density at radius 1 is 1.15 bits per heavy atom. The number of nitrogens with zero attached hydrogens (tertiary/aromatic N) is 5. The van der Waals surface area contributed by atoms with E-state index in [1.807, 2.05) is 76.0 Å². The molecule has 0 amide bonds. The molecule has 0 unspecified atom stereocenters. The zero-order valence-electron chi connectivity index (χ0n) is 15.6. The third kappa shape index (κ3) is 3.88. The largest absolute Gasteiger partial charge is 0.383 e. The lowest BCUT2D eigenvalue weighted by atomic mass is 10.0.